The van der Waals surface area contributed by atoms with Crippen LogP contribution in [0.2, 0.25) is 0 Å². The SMILES string of the molecule is C[C@@H]1CN([C@@H](C)CO)C(=O)c2cc(C3=CCCCC3)cnc2O[C@@H]1CN(C)S(C)(=O)=O. The summed E-state index contributed by atoms with van der Waals surface area (Å²) in [5, 5.41) is 9.74. The van der Waals surface area contributed by atoms with Crippen LogP contribution in [0.5, 0.6) is 5.88 Å². The van der Waals surface area contributed by atoms with Crippen LogP contribution in [0, 0.1) is 5.92 Å². The number of fused-ring (bicyclic) bond motifs is 1. The number of amides is 1. The monoisotopic (exact) mass is 451 g/mol. The first kappa shape index (κ1) is 23.7. The van der Waals surface area contributed by atoms with Crippen LogP contribution >= 0.6 is 0 Å². The third kappa shape index (κ3) is 5.45. The topological polar surface area (TPSA) is 100 Å². The van der Waals surface area contributed by atoms with E-state index in [0.29, 0.717) is 12.1 Å². The van der Waals surface area contributed by atoms with Gasteiger partial charge < -0.3 is 14.7 Å². The predicted molar refractivity (Wildman–Crippen MR) is 119 cm³/mol. The van der Waals surface area contributed by atoms with Crippen LogP contribution in [0.3, 0.4) is 0 Å². The number of sulfonamides is 1. The van der Waals surface area contributed by atoms with E-state index in [1.807, 2.05) is 13.0 Å². The Morgan fingerprint density at radius 3 is 2.74 bits per heavy atom. The van der Waals surface area contributed by atoms with Crippen molar-refractivity contribution < 1.29 is 23.1 Å². The van der Waals surface area contributed by atoms with Gasteiger partial charge in [-0.15, -0.1) is 0 Å². The van der Waals surface area contributed by atoms with Gasteiger partial charge in [-0.05, 0) is 49.8 Å². The summed E-state index contributed by atoms with van der Waals surface area (Å²) < 4.78 is 31.3. The van der Waals surface area contributed by atoms with E-state index in [0.717, 1.165) is 31.1 Å². The summed E-state index contributed by atoms with van der Waals surface area (Å²) in [5.74, 6) is -0.194. The number of aromatic nitrogens is 1. The molecule has 2 heterocycles. The Morgan fingerprint density at radius 2 is 2.13 bits per heavy atom. The van der Waals surface area contributed by atoms with E-state index in [9.17, 15) is 18.3 Å². The molecule has 0 saturated carbocycles. The van der Waals surface area contributed by atoms with Gasteiger partial charge in [0.25, 0.3) is 5.91 Å². The average molecular weight is 452 g/mol. The molecule has 0 fully saturated rings. The quantitative estimate of drug-likeness (QED) is 0.711. The van der Waals surface area contributed by atoms with E-state index >= 15 is 0 Å². The minimum Gasteiger partial charge on any atom is -0.472 e. The highest BCUT2D eigenvalue weighted by Crippen LogP contribution is 2.32. The van der Waals surface area contributed by atoms with Crippen molar-refractivity contribution in [1.29, 1.82) is 0 Å². The molecule has 1 N–H and O–H groups in total. The number of ether oxygens (including phenoxy) is 1. The number of carbonyl (C=O) groups is 1. The number of aliphatic hydroxyl groups excluding tert-OH is 1. The highest BCUT2D eigenvalue weighted by Gasteiger charge is 2.35. The van der Waals surface area contributed by atoms with Crippen molar-refractivity contribution in [3.63, 3.8) is 0 Å². The van der Waals surface area contributed by atoms with Gasteiger partial charge >= 0.3 is 0 Å². The summed E-state index contributed by atoms with van der Waals surface area (Å²) >= 11 is 0. The second-order valence-corrected chi connectivity index (χ2v) is 10.8. The van der Waals surface area contributed by atoms with Crippen LogP contribution in [0.15, 0.2) is 18.3 Å². The molecule has 9 heteroatoms. The highest BCUT2D eigenvalue weighted by atomic mass is 32.2. The third-order valence-electron chi connectivity index (χ3n) is 6.19. The molecule has 0 unspecified atom stereocenters. The average Bonchev–Trinajstić information content (AvgIpc) is 2.75. The Hall–Kier alpha value is -1.97. The lowest BCUT2D eigenvalue weighted by Gasteiger charge is -2.37. The first-order valence-electron chi connectivity index (χ1n) is 10.8. The normalized spacial score (nSPS) is 23.5. The van der Waals surface area contributed by atoms with Gasteiger partial charge in [-0.25, -0.2) is 17.7 Å². The smallest absolute Gasteiger partial charge is 0.259 e. The van der Waals surface area contributed by atoms with E-state index < -0.39 is 16.1 Å². The molecular weight excluding hydrogens is 418 g/mol. The molecule has 3 atom stereocenters. The number of likely N-dealkylation sites (N-methyl/N-ethyl adjacent to an activating group) is 1. The molecule has 1 aromatic heterocycles. The standard InChI is InChI=1S/C22H33N3O5S/c1-15-12-25(16(2)14-26)22(27)19-10-18(17-8-6-5-7-9-17)11-23-21(19)30-20(15)13-24(3)31(4,28)29/h8,10-11,15-16,20,26H,5-7,9,12-14H2,1-4H3/t15-,16+,20-/m1/s1. The van der Waals surface area contributed by atoms with E-state index in [2.05, 4.69) is 11.1 Å². The maximum atomic E-state index is 13.4. The van der Waals surface area contributed by atoms with Crippen molar-refractivity contribution >= 4 is 21.5 Å². The number of carbonyl (C=O) groups excluding carboxylic acids is 1. The number of aliphatic hydroxyl groups is 1. The zero-order valence-corrected chi connectivity index (χ0v) is 19.6. The summed E-state index contributed by atoms with van der Waals surface area (Å²) in [6, 6.07) is 1.44. The van der Waals surface area contributed by atoms with Crippen molar-refractivity contribution in [2.75, 3.05) is 33.0 Å². The fraction of sp³-hybridized carbons (Fsp3) is 0.636. The van der Waals surface area contributed by atoms with Gasteiger partial charge in [-0.2, -0.15) is 0 Å². The van der Waals surface area contributed by atoms with Crippen LogP contribution in [0.1, 0.15) is 55.5 Å². The molecule has 8 nitrogen and oxygen atoms in total. The Bertz CT molecular complexity index is 946. The summed E-state index contributed by atoms with van der Waals surface area (Å²) in [6.45, 7) is 4.03. The minimum atomic E-state index is -3.39. The Kier molecular flexibility index (Phi) is 7.39. The molecular formula is C22H33N3O5S. The zero-order valence-electron chi connectivity index (χ0n) is 18.7. The third-order valence-corrected chi connectivity index (χ3v) is 7.47. The van der Waals surface area contributed by atoms with Crippen LogP contribution in [-0.4, -0.2) is 78.8 Å². The first-order valence-corrected chi connectivity index (χ1v) is 12.7. The lowest BCUT2D eigenvalue weighted by atomic mass is 9.93. The molecule has 1 amide bonds. The van der Waals surface area contributed by atoms with Crippen LogP contribution < -0.4 is 4.74 Å². The molecule has 1 aliphatic carbocycles. The van der Waals surface area contributed by atoms with E-state index in [4.69, 9.17) is 4.74 Å². The largest absolute Gasteiger partial charge is 0.472 e. The van der Waals surface area contributed by atoms with Gasteiger partial charge in [0.2, 0.25) is 15.9 Å². The second-order valence-electron chi connectivity index (χ2n) is 8.72. The van der Waals surface area contributed by atoms with Gasteiger partial charge in [0.15, 0.2) is 0 Å². The number of nitrogens with zero attached hydrogens (tertiary/aromatic N) is 3. The lowest BCUT2D eigenvalue weighted by Crippen LogP contribution is -2.50. The van der Waals surface area contributed by atoms with E-state index in [1.54, 1.807) is 18.0 Å². The molecule has 172 valence electrons. The van der Waals surface area contributed by atoms with Gasteiger partial charge in [0.05, 0.1) is 25.4 Å². The number of pyridine rings is 1. The molecule has 0 radical (unpaired) electrons. The fourth-order valence-electron chi connectivity index (χ4n) is 3.98. The first-order chi connectivity index (χ1) is 14.6. The number of hydrogen-bond acceptors (Lipinski definition) is 6. The summed E-state index contributed by atoms with van der Waals surface area (Å²) in [6.07, 6.45) is 8.83. The number of rotatable bonds is 6. The van der Waals surface area contributed by atoms with Gasteiger partial charge in [0, 0.05) is 25.7 Å². The Labute approximate surface area is 185 Å². The molecule has 0 aromatic carbocycles. The summed E-state index contributed by atoms with van der Waals surface area (Å²) in [4.78, 5) is 19.5. The van der Waals surface area contributed by atoms with Crippen molar-refractivity contribution in [3.8, 4) is 5.88 Å². The fourth-order valence-corrected chi connectivity index (χ4v) is 4.40. The van der Waals surface area contributed by atoms with Crippen molar-refractivity contribution in [2.24, 2.45) is 5.92 Å². The minimum absolute atomic E-state index is 0.142. The maximum absolute atomic E-state index is 13.4. The second kappa shape index (κ2) is 9.67. The molecule has 0 bridgehead atoms. The van der Waals surface area contributed by atoms with Crippen molar-refractivity contribution in [1.82, 2.24) is 14.2 Å². The summed E-state index contributed by atoms with van der Waals surface area (Å²) in [5.41, 5.74) is 2.44. The van der Waals surface area contributed by atoms with E-state index in [1.165, 1.54) is 23.3 Å². The molecule has 1 aliphatic heterocycles. The molecule has 2 aliphatic rings. The number of allylic oxidation sites excluding steroid dienone is 2. The van der Waals surface area contributed by atoms with Crippen LogP contribution in [-0.2, 0) is 10.0 Å². The van der Waals surface area contributed by atoms with E-state index in [-0.39, 0.29) is 36.9 Å². The van der Waals surface area contributed by atoms with Gasteiger partial charge in [-0.3, -0.25) is 4.79 Å². The lowest BCUT2D eigenvalue weighted by molar-refractivity contribution is 0.0373. The molecule has 31 heavy (non-hydrogen) atoms. The van der Waals surface area contributed by atoms with Crippen LogP contribution in [0.25, 0.3) is 5.57 Å². The summed E-state index contributed by atoms with van der Waals surface area (Å²) in [7, 11) is -1.88. The number of hydrogen-bond donors (Lipinski definition) is 1. The molecule has 1 aromatic rings. The van der Waals surface area contributed by atoms with Crippen LogP contribution in [0.4, 0.5) is 0 Å². The van der Waals surface area contributed by atoms with Gasteiger partial charge in [0.1, 0.15) is 11.7 Å². The Balaban J connectivity index is 2.02. The molecule has 0 spiro atoms. The molecule has 0 saturated heterocycles. The van der Waals surface area contributed by atoms with Crippen molar-refractivity contribution in [3.05, 3.63) is 29.5 Å². The highest BCUT2D eigenvalue weighted by molar-refractivity contribution is 7.88. The Morgan fingerprint density at radius 1 is 1.39 bits per heavy atom. The zero-order chi connectivity index (χ0) is 22.8. The van der Waals surface area contributed by atoms with Gasteiger partial charge in [-0.1, -0.05) is 13.0 Å². The van der Waals surface area contributed by atoms with Crippen molar-refractivity contribution in [2.45, 2.75) is 51.7 Å². The molecule has 3 rings (SSSR count). The predicted octanol–water partition coefficient (Wildman–Crippen LogP) is 2.15. The maximum Gasteiger partial charge on any atom is 0.259 e.